The van der Waals surface area contributed by atoms with Crippen molar-refractivity contribution in [1.29, 1.82) is 0 Å². The second kappa shape index (κ2) is 10.5. The standard InChI is InChI=1S/C21H27NO4/c1-4-24-21(23)13-15-25-19-9-5-17(6-10-19)18-7-11-20(12-8-18)26-16-14-22(2)3/h5-12H,4,13-16H2,1-3H3. The van der Waals surface area contributed by atoms with E-state index < -0.39 is 0 Å². The highest BCUT2D eigenvalue weighted by molar-refractivity contribution is 5.69. The van der Waals surface area contributed by atoms with Crippen LogP contribution in [0.2, 0.25) is 0 Å². The molecule has 0 unspecified atom stereocenters. The first kappa shape index (κ1) is 19.8. The van der Waals surface area contributed by atoms with E-state index >= 15 is 0 Å². The molecule has 0 N–H and O–H groups in total. The van der Waals surface area contributed by atoms with Gasteiger partial charge in [-0.05, 0) is 56.4 Å². The van der Waals surface area contributed by atoms with Crippen LogP contribution in [0, 0.1) is 0 Å². The summed E-state index contributed by atoms with van der Waals surface area (Å²) in [5.41, 5.74) is 2.21. The summed E-state index contributed by atoms with van der Waals surface area (Å²) in [5, 5.41) is 0. The zero-order valence-corrected chi connectivity index (χ0v) is 15.7. The molecule has 0 bridgehead atoms. The fourth-order valence-electron chi connectivity index (χ4n) is 2.32. The van der Waals surface area contributed by atoms with Gasteiger partial charge < -0.3 is 19.1 Å². The summed E-state index contributed by atoms with van der Waals surface area (Å²) in [6.07, 6.45) is 0.255. The van der Waals surface area contributed by atoms with Crippen molar-refractivity contribution < 1.29 is 19.0 Å². The minimum atomic E-state index is -0.239. The molecule has 0 atom stereocenters. The first-order valence-electron chi connectivity index (χ1n) is 8.85. The van der Waals surface area contributed by atoms with Gasteiger partial charge in [-0.1, -0.05) is 24.3 Å². The Balaban J connectivity index is 1.84. The van der Waals surface area contributed by atoms with Crippen LogP contribution in [-0.2, 0) is 9.53 Å². The smallest absolute Gasteiger partial charge is 0.309 e. The van der Waals surface area contributed by atoms with Gasteiger partial charge in [0.15, 0.2) is 0 Å². The van der Waals surface area contributed by atoms with Crippen LogP contribution < -0.4 is 9.47 Å². The Kier molecular flexibility index (Phi) is 7.96. The van der Waals surface area contributed by atoms with Crippen molar-refractivity contribution in [2.75, 3.05) is 40.5 Å². The van der Waals surface area contributed by atoms with E-state index in [-0.39, 0.29) is 12.4 Å². The largest absolute Gasteiger partial charge is 0.493 e. The Morgan fingerprint density at radius 3 is 1.81 bits per heavy atom. The van der Waals surface area contributed by atoms with E-state index in [0.717, 1.165) is 29.2 Å². The van der Waals surface area contributed by atoms with Crippen LogP contribution in [0.15, 0.2) is 48.5 Å². The molecule has 2 aromatic rings. The van der Waals surface area contributed by atoms with Crippen molar-refractivity contribution in [1.82, 2.24) is 4.90 Å². The number of nitrogens with zero attached hydrogens (tertiary/aromatic N) is 1. The lowest BCUT2D eigenvalue weighted by Crippen LogP contribution is -2.19. The minimum Gasteiger partial charge on any atom is -0.493 e. The molecule has 5 heteroatoms. The van der Waals surface area contributed by atoms with E-state index in [1.807, 2.05) is 62.6 Å². The summed E-state index contributed by atoms with van der Waals surface area (Å²) in [4.78, 5) is 13.4. The molecule has 5 nitrogen and oxygen atoms in total. The topological polar surface area (TPSA) is 48.0 Å². The third kappa shape index (κ3) is 6.76. The van der Waals surface area contributed by atoms with Crippen LogP contribution in [0.3, 0.4) is 0 Å². The molecule has 0 saturated heterocycles. The number of likely N-dealkylation sites (N-methyl/N-ethyl adjacent to an activating group) is 1. The van der Waals surface area contributed by atoms with Gasteiger partial charge in [0.05, 0.1) is 19.6 Å². The lowest BCUT2D eigenvalue weighted by molar-refractivity contribution is -0.143. The molecular weight excluding hydrogens is 330 g/mol. The van der Waals surface area contributed by atoms with Crippen molar-refractivity contribution in [3.8, 4) is 22.6 Å². The molecule has 2 rings (SSSR count). The van der Waals surface area contributed by atoms with E-state index in [1.54, 1.807) is 6.92 Å². The maximum Gasteiger partial charge on any atom is 0.309 e. The summed E-state index contributed by atoms with van der Waals surface area (Å²) in [5.74, 6) is 1.37. The van der Waals surface area contributed by atoms with E-state index in [2.05, 4.69) is 4.90 Å². The third-order valence-electron chi connectivity index (χ3n) is 3.73. The quantitative estimate of drug-likeness (QED) is 0.608. The highest BCUT2D eigenvalue weighted by Gasteiger charge is 2.03. The molecule has 26 heavy (non-hydrogen) atoms. The Labute approximate surface area is 155 Å². The van der Waals surface area contributed by atoms with Gasteiger partial charge >= 0.3 is 5.97 Å². The predicted molar refractivity (Wildman–Crippen MR) is 103 cm³/mol. The number of carbonyl (C=O) groups is 1. The Morgan fingerprint density at radius 2 is 1.35 bits per heavy atom. The molecule has 0 amide bonds. The average molecular weight is 357 g/mol. The van der Waals surface area contributed by atoms with E-state index in [0.29, 0.717) is 19.8 Å². The molecule has 0 aromatic heterocycles. The SMILES string of the molecule is CCOC(=O)CCOc1ccc(-c2ccc(OCCN(C)C)cc2)cc1. The molecule has 2 aromatic carbocycles. The molecule has 0 aliphatic rings. The second-order valence-electron chi connectivity index (χ2n) is 6.10. The predicted octanol–water partition coefficient (Wildman–Crippen LogP) is 3.63. The summed E-state index contributed by atoms with van der Waals surface area (Å²) < 4.78 is 16.2. The van der Waals surface area contributed by atoms with Gasteiger partial charge in [-0.3, -0.25) is 4.79 Å². The van der Waals surface area contributed by atoms with Crippen molar-refractivity contribution in [2.45, 2.75) is 13.3 Å². The fourth-order valence-corrected chi connectivity index (χ4v) is 2.32. The monoisotopic (exact) mass is 357 g/mol. The van der Waals surface area contributed by atoms with Crippen LogP contribution in [-0.4, -0.2) is 51.3 Å². The van der Waals surface area contributed by atoms with Gasteiger partial charge in [0.1, 0.15) is 18.1 Å². The first-order valence-corrected chi connectivity index (χ1v) is 8.85. The molecule has 0 fully saturated rings. The summed E-state index contributed by atoms with van der Waals surface area (Å²) in [6.45, 7) is 4.06. The summed E-state index contributed by atoms with van der Waals surface area (Å²) in [6, 6.07) is 15.9. The third-order valence-corrected chi connectivity index (χ3v) is 3.73. The molecule has 0 saturated carbocycles. The van der Waals surface area contributed by atoms with Crippen molar-refractivity contribution in [2.24, 2.45) is 0 Å². The molecule has 0 aliphatic carbocycles. The molecule has 0 radical (unpaired) electrons. The lowest BCUT2D eigenvalue weighted by atomic mass is 10.1. The van der Waals surface area contributed by atoms with Crippen LogP contribution in [0.4, 0.5) is 0 Å². The Morgan fingerprint density at radius 1 is 0.846 bits per heavy atom. The van der Waals surface area contributed by atoms with E-state index in [4.69, 9.17) is 14.2 Å². The van der Waals surface area contributed by atoms with E-state index in [1.165, 1.54) is 0 Å². The Hall–Kier alpha value is -2.53. The molecule has 0 aliphatic heterocycles. The van der Waals surface area contributed by atoms with E-state index in [9.17, 15) is 4.79 Å². The molecule has 140 valence electrons. The summed E-state index contributed by atoms with van der Waals surface area (Å²) in [7, 11) is 4.05. The maximum absolute atomic E-state index is 11.3. The Bertz CT molecular complexity index is 665. The molecule has 0 spiro atoms. The first-order chi connectivity index (χ1) is 12.6. The van der Waals surface area contributed by atoms with Gasteiger partial charge in [-0.2, -0.15) is 0 Å². The lowest BCUT2D eigenvalue weighted by Gasteiger charge is -2.11. The van der Waals surface area contributed by atoms with Gasteiger partial charge in [-0.15, -0.1) is 0 Å². The van der Waals surface area contributed by atoms with Gasteiger partial charge in [0, 0.05) is 6.54 Å². The van der Waals surface area contributed by atoms with Gasteiger partial charge in [-0.25, -0.2) is 0 Å². The van der Waals surface area contributed by atoms with Crippen molar-refractivity contribution in [3.05, 3.63) is 48.5 Å². The van der Waals surface area contributed by atoms with Crippen molar-refractivity contribution in [3.63, 3.8) is 0 Å². The number of rotatable bonds is 10. The number of benzene rings is 2. The van der Waals surface area contributed by atoms with Crippen LogP contribution >= 0.6 is 0 Å². The number of hydrogen-bond donors (Lipinski definition) is 0. The summed E-state index contributed by atoms with van der Waals surface area (Å²) >= 11 is 0. The van der Waals surface area contributed by atoms with Crippen molar-refractivity contribution >= 4 is 5.97 Å². The maximum atomic E-state index is 11.3. The fraction of sp³-hybridized carbons (Fsp3) is 0.381. The van der Waals surface area contributed by atoms with Crippen LogP contribution in [0.25, 0.3) is 11.1 Å². The molecular formula is C21H27NO4. The number of carbonyl (C=O) groups excluding carboxylic acids is 1. The van der Waals surface area contributed by atoms with Gasteiger partial charge in [0.25, 0.3) is 0 Å². The molecule has 0 heterocycles. The van der Waals surface area contributed by atoms with Crippen LogP contribution in [0.5, 0.6) is 11.5 Å². The van der Waals surface area contributed by atoms with Gasteiger partial charge in [0.2, 0.25) is 0 Å². The zero-order chi connectivity index (χ0) is 18.8. The number of esters is 1. The second-order valence-corrected chi connectivity index (χ2v) is 6.10. The number of hydrogen-bond acceptors (Lipinski definition) is 5. The van der Waals surface area contributed by atoms with Crippen LogP contribution in [0.1, 0.15) is 13.3 Å². The average Bonchev–Trinajstić information content (AvgIpc) is 2.63. The highest BCUT2D eigenvalue weighted by atomic mass is 16.5. The normalized spacial score (nSPS) is 10.6. The zero-order valence-electron chi connectivity index (χ0n) is 15.7. The minimum absolute atomic E-state index is 0.239. The highest BCUT2D eigenvalue weighted by Crippen LogP contribution is 2.24. The number of ether oxygens (including phenoxy) is 3.